The van der Waals surface area contributed by atoms with Gasteiger partial charge in [0.2, 0.25) is 0 Å². The van der Waals surface area contributed by atoms with Crippen LogP contribution in [0, 0.1) is 5.92 Å². The van der Waals surface area contributed by atoms with E-state index < -0.39 is 0 Å². The van der Waals surface area contributed by atoms with Crippen molar-refractivity contribution < 1.29 is 4.74 Å². The second-order valence-corrected chi connectivity index (χ2v) is 4.36. The van der Waals surface area contributed by atoms with Crippen molar-refractivity contribution in [2.24, 2.45) is 5.92 Å². The molecule has 1 saturated heterocycles. The van der Waals surface area contributed by atoms with Crippen molar-refractivity contribution in [1.29, 1.82) is 0 Å². The number of rotatable bonds is 2. The Morgan fingerprint density at radius 2 is 2.27 bits per heavy atom. The Hall–Kier alpha value is 0.250. The topological polar surface area (TPSA) is 9.23 Å². The van der Waals surface area contributed by atoms with Crippen molar-refractivity contribution in [1.82, 2.24) is 0 Å². The normalized spacial score (nSPS) is 32.7. The largest absolute Gasteiger partial charge is 0.378 e. The molecule has 0 spiro atoms. The van der Waals surface area contributed by atoms with Gasteiger partial charge >= 0.3 is 0 Å². The number of alkyl halides is 1. The van der Waals surface area contributed by atoms with E-state index in [1.54, 1.807) is 0 Å². The molecule has 11 heavy (non-hydrogen) atoms. The molecule has 66 valence electrons. The highest BCUT2D eigenvalue weighted by atomic mass is 35.5. The van der Waals surface area contributed by atoms with Crippen molar-refractivity contribution in [2.45, 2.75) is 44.6 Å². The molecule has 0 N–H and O–H groups in total. The predicted molar refractivity (Wildman–Crippen MR) is 48.1 cm³/mol. The smallest absolute Gasteiger partial charge is 0.0591 e. The van der Waals surface area contributed by atoms with Gasteiger partial charge in [0.25, 0.3) is 0 Å². The molecule has 1 aliphatic heterocycles. The second-order valence-electron chi connectivity index (χ2n) is 3.74. The first-order valence-electron chi connectivity index (χ1n) is 4.44. The van der Waals surface area contributed by atoms with Crippen LogP contribution < -0.4 is 0 Å². The third-order valence-electron chi connectivity index (χ3n) is 2.04. The van der Waals surface area contributed by atoms with Gasteiger partial charge in [0, 0.05) is 12.0 Å². The van der Waals surface area contributed by atoms with Crippen LogP contribution in [-0.2, 0) is 4.74 Å². The Morgan fingerprint density at radius 3 is 2.82 bits per heavy atom. The summed E-state index contributed by atoms with van der Waals surface area (Å²) in [6, 6.07) is 0. The molecule has 1 nitrogen and oxygen atoms in total. The highest BCUT2D eigenvalue weighted by Crippen LogP contribution is 2.23. The summed E-state index contributed by atoms with van der Waals surface area (Å²) in [6.07, 6.45) is 3.64. The van der Waals surface area contributed by atoms with Crippen molar-refractivity contribution >= 4 is 11.6 Å². The molecular formula is C9H17ClO. The summed E-state index contributed by atoms with van der Waals surface area (Å²) in [5.74, 6) is 0.724. The van der Waals surface area contributed by atoms with Gasteiger partial charge in [-0.1, -0.05) is 13.8 Å². The molecule has 0 amide bonds. The molecule has 0 unspecified atom stereocenters. The molecule has 1 aliphatic rings. The van der Waals surface area contributed by atoms with Crippen LogP contribution in [0.4, 0.5) is 0 Å². The monoisotopic (exact) mass is 176 g/mol. The van der Waals surface area contributed by atoms with Crippen LogP contribution in [0.15, 0.2) is 0 Å². The molecule has 0 aliphatic carbocycles. The Labute approximate surface area is 74.1 Å². The van der Waals surface area contributed by atoms with Gasteiger partial charge in [-0.15, -0.1) is 11.6 Å². The van der Waals surface area contributed by atoms with Crippen molar-refractivity contribution in [3.63, 3.8) is 0 Å². The fourth-order valence-electron chi connectivity index (χ4n) is 1.52. The maximum absolute atomic E-state index is 6.01. The third-order valence-corrected chi connectivity index (χ3v) is 2.43. The summed E-state index contributed by atoms with van der Waals surface area (Å²) < 4.78 is 5.57. The van der Waals surface area contributed by atoms with Gasteiger partial charge in [-0.2, -0.15) is 0 Å². The number of ether oxygens (including phenoxy) is 1. The standard InChI is InChI=1S/C9H17ClO/c1-7(2)5-9-6-8(10)3-4-11-9/h7-9H,3-6H2,1-2H3/t8-,9-/m1/s1. The summed E-state index contributed by atoms with van der Waals surface area (Å²) in [7, 11) is 0. The van der Waals surface area contributed by atoms with Crippen molar-refractivity contribution in [3.05, 3.63) is 0 Å². The van der Waals surface area contributed by atoms with Crippen LogP contribution in [0.1, 0.15) is 33.1 Å². The van der Waals surface area contributed by atoms with Gasteiger partial charge in [0.1, 0.15) is 0 Å². The average Bonchev–Trinajstić information content (AvgIpc) is 1.85. The lowest BCUT2D eigenvalue weighted by atomic mass is 9.99. The van der Waals surface area contributed by atoms with Gasteiger partial charge in [0.15, 0.2) is 0 Å². The zero-order valence-corrected chi connectivity index (χ0v) is 8.10. The number of hydrogen-bond donors (Lipinski definition) is 0. The first-order valence-corrected chi connectivity index (χ1v) is 4.87. The lowest BCUT2D eigenvalue weighted by Gasteiger charge is -2.27. The predicted octanol–water partition coefficient (Wildman–Crippen LogP) is 2.82. The molecule has 0 radical (unpaired) electrons. The fraction of sp³-hybridized carbons (Fsp3) is 1.00. The molecule has 2 heteroatoms. The minimum atomic E-state index is 0.354. The maximum atomic E-state index is 6.01. The molecule has 0 aromatic rings. The maximum Gasteiger partial charge on any atom is 0.0591 e. The molecule has 0 bridgehead atoms. The Kier molecular flexibility index (Phi) is 3.67. The van der Waals surface area contributed by atoms with Gasteiger partial charge in [0.05, 0.1) is 6.10 Å². The lowest BCUT2D eigenvalue weighted by molar-refractivity contribution is 0.00600. The van der Waals surface area contributed by atoms with Gasteiger partial charge < -0.3 is 4.74 Å². The van der Waals surface area contributed by atoms with Crippen LogP contribution in [0.5, 0.6) is 0 Å². The van der Waals surface area contributed by atoms with Crippen LogP contribution >= 0.6 is 11.6 Å². The van der Waals surface area contributed by atoms with Crippen molar-refractivity contribution in [3.8, 4) is 0 Å². The van der Waals surface area contributed by atoms with Crippen LogP contribution in [-0.4, -0.2) is 18.1 Å². The summed E-state index contributed by atoms with van der Waals surface area (Å²) in [6.45, 7) is 5.30. The molecule has 1 fully saturated rings. The minimum absolute atomic E-state index is 0.354. The molecule has 0 aromatic heterocycles. The summed E-state index contributed by atoms with van der Waals surface area (Å²) in [5.41, 5.74) is 0. The summed E-state index contributed by atoms with van der Waals surface area (Å²) in [5, 5.41) is 0.354. The van der Waals surface area contributed by atoms with E-state index in [-0.39, 0.29) is 0 Å². The highest BCUT2D eigenvalue weighted by Gasteiger charge is 2.21. The van der Waals surface area contributed by atoms with E-state index in [1.165, 1.54) is 0 Å². The summed E-state index contributed by atoms with van der Waals surface area (Å²) in [4.78, 5) is 0. The molecular weight excluding hydrogens is 160 g/mol. The molecule has 1 rings (SSSR count). The van der Waals surface area contributed by atoms with E-state index in [9.17, 15) is 0 Å². The number of hydrogen-bond acceptors (Lipinski definition) is 1. The molecule has 0 saturated carbocycles. The molecule has 2 atom stereocenters. The number of halogens is 1. The van der Waals surface area contributed by atoms with Gasteiger partial charge in [-0.25, -0.2) is 0 Å². The second kappa shape index (κ2) is 4.32. The van der Waals surface area contributed by atoms with E-state index in [0.29, 0.717) is 11.5 Å². The zero-order valence-electron chi connectivity index (χ0n) is 7.35. The third kappa shape index (κ3) is 3.44. The highest BCUT2D eigenvalue weighted by molar-refractivity contribution is 6.20. The Morgan fingerprint density at radius 1 is 1.55 bits per heavy atom. The van der Waals surface area contributed by atoms with Gasteiger partial charge in [-0.05, 0) is 25.2 Å². The Balaban J connectivity index is 2.23. The zero-order chi connectivity index (χ0) is 8.27. The molecule has 1 heterocycles. The first kappa shape index (κ1) is 9.34. The average molecular weight is 177 g/mol. The fourth-order valence-corrected chi connectivity index (χ4v) is 1.81. The lowest BCUT2D eigenvalue weighted by Crippen LogP contribution is -2.27. The quantitative estimate of drug-likeness (QED) is 0.588. The minimum Gasteiger partial charge on any atom is -0.378 e. The first-order chi connectivity index (χ1) is 5.18. The molecule has 0 aromatic carbocycles. The van der Waals surface area contributed by atoms with Gasteiger partial charge in [-0.3, -0.25) is 0 Å². The van der Waals surface area contributed by atoms with E-state index in [4.69, 9.17) is 16.3 Å². The van der Waals surface area contributed by atoms with Crippen LogP contribution in [0.3, 0.4) is 0 Å². The van der Waals surface area contributed by atoms with Crippen molar-refractivity contribution in [2.75, 3.05) is 6.61 Å². The van der Waals surface area contributed by atoms with E-state index >= 15 is 0 Å². The van der Waals surface area contributed by atoms with Crippen LogP contribution in [0.25, 0.3) is 0 Å². The summed E-state index contributed by atoms with van der Waals surface area (Å²) >= 11 is 6.01. The van der Waals surface area contributed by atoms with E-state index in [1.807, 2.05) is 0 Å². The van der Waals surface area contributed by atoms with E-state index in [2.05, 4.69) is 13.8 Å². The van der Waals surface area contributed by atoms with E-state index in [0.717, 1.165) is 31.8 Å². The van der Waals surface area contributed by atoms with Crippen LogP contribution in [0.2, 0.25) is 0 Å². The Bertz CT molecular complexity index is 112. The SMILES string of the molecule is CC(C)C[C@@H]1C[C@H](Cl)CCO1.